The van der Waals surface area contributed by atoms with Gasteiger partial charge < -0.3 is 0 Å². The Morgan fingerprint density at radius 1 is 1.36 bits per heavy atom. The molecule has 0 aromatic carbocycles. The molecule has 0 aromatic heterocycles. The van der Waals surface area contributed by atoms with Crippen LogP contribution < -0.4 is 0 Å². The Morgan fingerprint density at radius 2 is 2.09 bits per heavy atom. The Balaban J connectivity index is 3.73. The van der Waals surface area contributed by atoms with Gasteiger partial charge in [0, 0.05) is 0 Å². The molecule has 0 aliphatic rings. The quantitative estimate of drug-likeness (QED) is 0.422. The van der Waals surface area contributed by atoms with Gasteiger partial charge >= 0.3 is 0 Å². The Labute approximate surface area is 69.6 Å². The molecule has 0 spiro atoms. The summed E-state index contributed by atoms with van der Waals surface area (Å²) in [5, 5.41) is 0. The summed E-state index contributed by atoms with van der Waals surface area (Å²) in [7, 11) is 0. The largest absolute Gasteiger partial charge is 0.0991 e. The van der Waals surface area contributed by atoms with E-state index in [0.717, 1.165) is 6.42 Å². The summed E-state index contributed by atoms with van der Waals surface area (Å²) in [6.07, 6.45) is 13.2. The monoisotopic (exact) mass is 148 g/mol. The zero-order valence-electron chi connectivity index (χ0n) is 7.38. The number of rotatable bonds is 4. The maximum atomic E-state index is 3.62. The molecule has 0 heterocycles. The van der Waals surface area contributed by atoms with E-state index in [1.54, 1.807) is 6.08 Å². The molecular formula is C11H16. The molecule has 0 saturated heterocycles. The average molecular weight is 148 g/mol. The van der Waals surface area contributed by atoms with Crippen LogP contribution in [0.25, 0.3) is 0 Å². The smallest absolute Gasteiger partial charge is 0.0166 e. The van der Waals surface area contributed by atoms with E-state index < -0.39 is 0 Å². The lowest BCUT2D eigenvalue weighted by molar-refractivity contribution is 1.36. The van der Waals surface area contributed by atoms with E-state index >= 15 is 0 Å². The van der Waals surface area contributed by atoms with E-state index in [2.05, 4.69) is 37.8 Å². The van der Waals surface area contributed by atoms with Crippen LogP contribution in [0.4, 0.5) is 0 Å². The molecule has 0 saturated carbocycles. The molecule has 0 atom stereocenters. The molecule has 0 nitrogen and oxygen atoms in total. The number of hydrogen-bond acceptors (Lipinski definition) is 0. The van der Waals surface area contributed by atoms with Gasteiger partial charge in [0.1, 0.15) is 0 Å². The Morgan fingerprint density at radius 3 is 2.64 bits per heavy atom. The molecule has 0 aromatic rings. The molecule has 0 aliphatic carbocycles. The van der Waals surface area contributed by atoms with Crippen LogP contribution in [0.15, 0.2) is 48.6 Å². The molecule has 0 radical (unpaired) electrons. The lowest BCUT2D eigenvalue weighted by Gasteiger charge is -1.86. The van der Waals surface area contributed by atoms with Gasteiger partial charge in [-0.15, -0.1) is 0 Å². The molecule has 0 heteroatoms. The molecule has 0 rings (SSSR count). The highest BCUT2D eigenvalue weighted by molar-refractivity contribution is 5.20. The molecular weight excluding hydrogens is 132 g/mol. The van der Waals surface area contributed by atoms with E-state index in [4.69, 9.17) is 0 Å². The third-order valence-electron chi connectivity index (χ3n) is 1.27. The Hall–Kier alpha value is -1.04. The first kappa shape index (κ1) is 9.96. The third-order valence-corrected chi connectivity index (χ3v) is 1.27. The van der Waals surface area contributed by atoms with Crippen molar-refractivity contribution in [3.8, 4) is 0 Å². The lowest BCUT2D eigenvalue weighted by atomic mass is 10.2. The maximum Gasteiger partial charge on any atom is -0.0166 e. The van der Waals surface area contributed by atoms with Gasteiger partial charge in [0.25, 0.3) is 0 Å². The SMILES string of the molecule is C=C/C=C(C)\C=C/C/C=C\C. The first-order chi connectivity index (χ1) is 5.31. The molecule has 60 valence electrons. The van der Waals surface area contributed by atoms with Gasteiger partial charge in [-0.2, -0.15) is 0 Å². The van der Waals surface area contributed by atoms with Crippen molar-refractivity contribution in [3.63, 3.8) is 0 Å². The molecule has 0 aliphatic heterocycles. The highest BCUT2D eigenvalue weighted by Gasteiger charge is 1.75. The minimum atomic E-state index is 1.01. The molecule has 11 heavy (non-hydrogen) atoms. The standard InChI is InChI=1S/C11H16/c1-4-6-7-8-10-11(3)9-5-2/h4-6,8-10H,2,7H2,1,3H3/b6-4-,10-8-,11-9-. The summed E-state index contributed by atoms with van der Waals surface area (Å²) in [6.45, 7) is 7.71. The first-order valence-electron chi connectivity index (χ1n) is 3.88. The maximum absolute atomic E-state index is 3.62. The summed E-state index contributed by atoms with van der Waals surface area (Å²) >= 11 is 0. The molecule has 0 N–H and O–H groups in total. The van der Waals surface area contributed by atoms with Crippen molar-refractivity contribution < 1.29 is 0 Å². The van der Waals surface area contributed by atoms with E-state index in [1.807, 2.05) is 13.0 Å². The van der Waals surface area contributed by atoms with E-state index in [-0.39, 0.29) is 0 Å². The topological polar surface area (TPSA) is 0 Å². The summed E-state index contributed by atoms with van der Waals surface area (Å²) in [5.41, 5.74) is 1.24. The highest BCUT2D eigenvalue weighted by Crippen LogP contribution is 1.96. The summed E-state index contributed by atoms with van der Waals surface area (Å²) in [4.78, 5) is 0. The van der Waals surface area contributed by atoms with Gasteiger partial charge in [-0.3, -0.25) is 0 Å². The highest BCUT2D eigenvalue weighted by atomic mass is 13.8. The third kappa shape index (κ3) is 6.85. The van der Waals surface area contributed by atoms with Crippen LogP contribution in [-0.4, -0.2) is 0 Å². The van der Waals surface area contributed by atoms with Crippen molar-refractivity contribution >= 4 is 0 Å². The zero-order chi connectivity index (χ0) is 8.53. The average Bonchev–Trinajstić information content (AvgIpc) is 1.99. The molecule has 0 bridgehead atoms. The van der Waals surface area contributed by atoms with Crippen molar-refractivity contribution in [2.45, 2.75) is 20.3 Å². The zero-order valence-corrected chi connectivity index (χ0v) is 7.38. The summed E-state index contributed by atoms with van der Waals surface area (Å²) in [5.74, 6) is 0. The lowest BCUT2D eigenvalue weighted by Crippen LogP contribution is -1.65. The first-order valence-corrected chi connectivity index (χ1v) is 3.88. The van der Waals surface area contributed by atoms with Crippen molar-refractivity contribution in [2.75, 3.05) is 0 Å². The Kier molecular flexibility index (Phi) is 6.40. The fourth-order valence-electron chi connectivity index (χ4n) is 0.710. The summed E-state index contributed by atoms with van der Waals surface area (Å²) < 4.78 is 0. The van der Waals surface area contributed by atoms with Crippen molar-refractivity contribution in [1.82, 2.24) is 0 Å². The van der Waals surface area contributed by atoms with Crippen LogP contribution in [0, 0.1) is 0 Å². The van der Waals surface area contributed by atoms with Gasteiger partial charge in [0.15, 0.2) is 0 Å². The van der Waals surface area contributed by atoms with E-state index in [0.29, 0.717) is 0 Å². The predicted molar refractivity (Wildman–Crippen MR) is 52.5 cm³/mol. The van der Waals surface area contributed by atoms with Crippen molar-refractivity contribution in [2.24, 2.45) is 0 Å². The van der Waals surface area contributed by atoms with Crippen molar-refractivity contribution in [1.29, 1.82) is 0 Å². The van der Waals surface area contributed by atoms with Crippen LogP contribution in [0.1, 0.15) is 20.3 Å². The fourth-order valence-corrected chi connectivity index (χ4v) is 0.710. The van der Waals surface area contributed by atoms with E-state index in [9.17, 15) is 0 Å². The van der Waals surface area contributed by atoms with Gasteiger partial charge in [-0.05, 0) is 20.3 Å². The summed E-state index contributed by atoms with van der Waals surface area (Å²) in [6, 6.07) is 0. The molecule has 0 amide bonds. The fraction of sp³-hybridized carbons (Fsp3) is 0.273. The van der Waals surface area contributed by atoms with Crippen LogP contribution in [0.2, 0.25) is 0 Å². The Bertz CT molecular complexity index is 180. The van der Waals surface area contributed by atoms with Gasteiger partial charge in [-0.25, -0.2) is 0 Å². The van der Waals surface area contributed by atoms with Gasteiger partial charge in [0.2, 0.25) is 0 Å². The predicted octanol–water partition coefficient (Wildman–Crippen LogP) is 3.64. The van der Waals surface area contributed by atoms with Crippen LogP contribution in [-0.2, 0) is 0 Å². The van der Waals surface area contributed by atoms with Gasteiger partial charge in [-0.1, -0.05) is 48.6 Å². The van der Waals surface area contributed by atoms with Gasteiger partial charge in [0.05, 0.1) is 0 Å². The number of hydrogen-bond donors (Lipinski definition) is 0. The van der Waals surface area contributed by atoms with E-state index in [1.165, 1.54) is 5.57 Å². The second kappa shape index (κ2) is 7.07. The van der Waals surface area contributed by atoms with Crippen LogP contribution in [0.5, 0.6) is 0 Å². The molecule has 0 fully saturated rings. The second-order valence-corrected chi connectivity index (χ2v) is 2.35. The number of allylic oxidation sites excluding steroid dienone is 7. The second-order valence-electron chi connectivity index (χ2n) is 2.35. The molecule has 0 unspecified atom stereocenters. The minimum absolute atomic E-state index is 1.01. The van der Waals surface area contributed by atoms with Crippen molar-refractivity contribution in [3.05, 3.63) is 48.6 Å². The van der Waals surface area contributed by atoms with Crippen LogP contribution >= 0.6 is 0 Å². The minimum Gasteiger partial charge on any atom is -0.0991 e. The van der Waals surface area contributed by atoms with Crippen LogP contribution in [0.3, 0.4) is 0 Å². The normalized spacial score (nSPS) is 13.1.